The largest absolute Gasteiger partial charge is 0.319 e. The summed E-state index contributed by atoms with van der Waals surface area (Å²) in [6.07, 6.45) is 0. The number of nitrogens with one attached hydrogen (secondary N) is 1. The van der Waals surface area contributed by atoms with Gasteiger partial charge in [0, 0.05) is 10.0 Å². The number of halogens is 3. The third kappa shape index (κ3) is 2.89. The molecular weight excluding hydrogens is 321 g/mol. The maximum absolute atomic E-state index is 13.6. The van der Waals surface area contributed by atoms with Crippen LogP contribution in [-0.2, 0) is 0 Å². The molecule has 0 radical (unpaired) electrons. The van der Waals surface area contributed by atoms with Gasteiger partial charge in [0.25, 0.3) is 5.91 Å². The molecule has 0 aromatic heterocycles. The van der Waals surface area contributed by atoms with Crippen molar-refractivity contribution in [2.24, 2.45) is 0 Å². The lowest BCUT2D eigenvalue weighted by Crippen LogP contribution is -2.13. The number of amides is 1. The highest BCUT2D eigenvalue weighted by atomic mass is 79.9. The summed E-state index contributed by atoms with van der Waals surface area (Å²) >= 11 is 8.90. The predicted molar refractivity (Wildman–Crippen MR) is 73.5 cm³/mol. The molecule has 18 heavy (non-hydrogen) atoms. The third-order valence-electron chi connectivity index (χ3n) is 2.29. The number of hydrogen-bond donors (Lipinski definition) is 1. The van der Waals surface area contributed by atoms with Crippen molar-refractivity contribution in [3.05, 3.63) is 63.3 Å². The molecule has 0 atom stereocenters. The van der Waals surface area contributed by atoms with E-state index in [1.807, 2.05) is 0 Å². The smallest absolute Gasteiger partial charge is 0.255 e. The fourth-order valence-corrected chi connectivity index (χ4v) is 2.00. The molecule has 0 aliphatic heterocycles. The second-order valence-electron chi connectivity index (χ2n) is 3.57. The molecule has 0 saturated heterocycles. The Morgan fingerprint density at radius 1 is 1.22 bits per heavy atom. The zero-order valence-corrected chi connectivity index (χ0v) is 11.4. The van der Waals surface area contributed by atoms with Gasteiger partial charge in [0.05, 0.1) is 10.7 Å². The lowest BCUT2D eigenvalue weighted by molar-refractivity contribution is 0.102. The maximum Gasteiger partial charge on any atom is 0.255 e. The van der Waals surface area contributed by atoms with Gasteiger partial charge in [-0.05, 0) is 30.3 Å². The minimum Gasteiger partial charge on any atom is -0.319 e. The molecule has 2 rings (SSSR count). The van der Waals surface area contributed by atoms with Crippen molar-refractivity contribution < 1.29 is 9.18 Å². The Morgan fingerprint density at radius 3 is 2.67 bits per heavy atom. The fourth-order valence-electron chi connectivity index (χ4n) is 1.42. The summed E-state index contributed by atoms with van der Waals surface area (Å²) in [5.41, 5.74) is 0.497. The average molecular weight is 329 g/mol. The molecule has 0 fully saturated rings. The molecule has 92 valence electrons. The van der Waals surface area contributed by atoms with E-state index in [2.05, 4.69) is 21.2 Å². The zero-order chi connectivity index (χ0) is 13.1. The summed E-state index contributed by atoms with van der Waals surface area (Å²) in [5.74, 6) is -1.03. The van der Waals surface area contributed by atoms with Crippen LogP contribution < -0.4 is 5.32 Å². The van der Waals surface area contributed by atoms with Crippen LogP contribution in [0.15, 0.2) is 46.9 Å². The first-order valence-electron chi connectivity index (χ1n) is 5.09. The molecule has 2 aromatic rings. The van der Waals surface area contributed by atoms with Gasteiger partial charge in [0.2, 0.25) is 0 Å². The van der Waals surface area contributed by atoms with Gasteiger partial charge >= 0.3 is 0 Å². The van der Waals surface area contributed by atoms with Crippen molar-refractivity contribution in [1.82, 2.24) is 0 Å². The van der Waals surface area contributed by atoms with Crippen molar-refractivity contribution >= 4 is 39.1 Å². The first kappa shape index (κ1) is 13.1. The van der Waals surface area contributed by atoms with E-state index in [-0.39, 0.29) is 10.7 Å². The number of carbonyl (C=O) groups is 1. The molecule has 0 spiro atoms. The zero-order valence-electron chi connectivity index (χ0n) is 9.08. The van der Waals surface area contributed by atoms with Crippen molar-refractivity contribution in [3.8, 4) is 0 Å². The Labute approximate surface area is 117 Å². The summed E-state index contributed by atoms with van der Waals surface area (Å²) in [6, 6.07) is 11.3. The van der Waals surface area contributed by atoms with Crippen molar-refractivity contribution in [2.45, 2.75) is 0 Å². The van der Waals surface area contributed by atoms with Gasteiger partial charge in [-0.3, -0.25) is 4.79 Å². The molecule has 0 heterocycles. The first-order chi connectivity index (χ1) is 8.58. The second-order valence-corrected chi connectivity index (χ2v) is 4.89. The molecule has 0 saturated carbocycles. The van der Waals surface area contributed by atoms with Crippen LogP contribution in [0.1, 0.15) is 10.4 Å². The molecule has 1 N–H and O–H groups in total. The topological polar surface area (TPSA) is 29.1 Å². The Kier molecular flexibility index (Phi) is 3.99. The van der Waals surface area contributed by atoms with Gasteiger partial charge in [0.1, 0.15) is 0 Å². The number of rotatable bonds is 2. The minimum atomic E-state index is -0.637. The summed E-state index contributed by atoms with van der Waals surface area (Å²) in [4.78, 5) is 11.9. The molecule has 5 heteroatoms. The number of anilines is 1. The molecule has 1 amide bonds. The van der Waals surface area contributed by atoms with Gasteiger partial charge in [-0.25, -0.2) is 4.39 Å². The minimum absolute atomic E-state index is 0.0259. The summed E-state index contributed by atoms with van der Waals surface area (Å²) in [5, 5.41) is 2.45. The Hall–Kier alpha value is -1.39. The van der Waals surface area contributed by atoms with Crippen LogP contribution in [-0.4, -0.2) is 5.91 Å². The van der Waals surface area contributed by atoms with Crippen molar-refractivity contribution in [1.29, 1.82) is 0 Å². The second kappa shape index (κ2) is 5.50. The van der Waals surface area contributed by atoms with Crippen LogP contribution in [0.3, 0.4) is 0 Å². The van der Waals surface area contributed by atoms with E-state index < -0.39 is 11.7 Å². The SMILES string of the molecule is O=C(Nc1cccc(Cl)c1F)c1cccc(Br)c1. The lowest BCUT2D eigenvalue weighted by atomic mass is 10.2. The van der Waals surface area contributed by atoms with E-state index in [1.54, 1.807) is 30.3 Å². The normalized spacial score (nSPS) is 10.2. The van der Waals surface area contributed by atoms with Crippen LogP contribution in [0, 0.1) is 5.82 Å². The van der Waals surface area contributed by atoms with Crippen molar-refractivity contribution in [2.75, 3.05) is 5.32 Å². The van der Waals surface area contributed by atoms with Crippen LogP contribution in [0.5, 0.6) is 0 Å². The van der Waals surface area contributed by atoms with Crippen LogP contribution >= 0.6 is 27.5 Å². The van der Waals surface area contributed by atoms with Crippen LogP contribution in [0.25, 0.3) is 0 Å². The van der Waals surface area contributed by atoms with E-state index >= 15 is 0 Å². The fraction of sp³-hybridized carbons (Fsp3) is 0. The number of carbonyl (C=O) groups excluding carboxylic acids is 1. The first-order valence-corrected chi connectivity index (χ1v) is 6.26. The highest BCUT2D eigenvalue weighted by Gasteiger charge is 2.11. The summed E-state index contributed by atoms with van der Waals surface area (Å²) in [7, 11) is 0. The highest BCUT2D eigenvalue weighted by molar-refractivity contribution is 9.10. The number of benzene rings is 2. The monoisotopic (exact) mass is 327 g/mol. The van der Waals surface area contributed by atoms with E-state index in [9.17, 15) is 9.18 Å². The average Bonchev–Trinajstić information content (AvgIpc) is 2.35. The standard InChI is InChI=1S/C13H8BrClFNO/c14-9-4-1-3-8(7-9)13(18)17-11-6-2-5-10(15)12(11)16/h1-7H,(H,17,18). The van der Waals surface area contributed by atoms with Gasteiger partial charge < -0.3 is 5.32 Å². The van der Waals surface area contributed by atoms with E-state index in [0.717, 1.165) is 4.47 Å². The van der Waals surface area contributed by atoms with Crippen LogP contribution in [0.4, 0.5) is 10.1 Å². The van der Waals surface area contributed by atoms with Gasteiger partial charge in [0.15, 0.2) is 5.82 Å². The molecule has 2 nitrogen and oxygen atoms in total. The Bertz CT molecular complexity index is 603. The van der Waals surface area contributed by atoms with E-state index in [4.69, 9.17) is 11.6 Å². The maximum atomic E-state index is 13.6. The Balaban J connectivity index is 2.24. The molecule has 0 aliphatic carbocycles. The molecule has 0 bridgehead atoms. The summed E-state index contributed by atoms with van der Waals surface area (Å²) in [6.45, 7) is 0. The quantitative estimate of drug-likeness (QED) is 0.864. The predicted octanol–water partition coefficient (Wildman–Crippen LogP) is 4.49. The van der Waals surface area contributed by atoms with E-state index in [0.29, 0.717) is 5.56 Å². The van der Waals surface area contributed by atoms with E-state index in [1.165, 1.54) is 12.1 Å². The van der Waals surface area contributed by atoms with Gasteiger partial charge in [-0.2, -0.15) is 0 Å². The molecule has 2 aromatic carbocycles. The van der Waals surface area contributed by atoms with Crippen LogP contribution in [0.2, 0.25) is 5.02 Å². The third-order valence-corrected chi connectivity index (χ3v) is 3.07. The molecular formula is C13H8BrClFNO. The molecule has 0 unspecified atom stereocenters. The number of hydrogen-bond acceptors (Lipinski definition) is 1. The summed E-state index contributed by atoms with van der Waals surface area (Å²) < 4.78 is 14.4. The van der Waals surface area contributed by atoms with Crippen molar-refractivity contribution in [3.63, 3.8) is 0 Å². The lowest BCUT2D eigenvalue weighted by Gasteiger charge is -2.07. The van der Waals surface area contributed by atoms with Gasteiger partial charge in [-0.15, -0.1) is 0 Å². The highest BCUT2D eigenvalue weighted by Crippen LogP contribution is 2.22. The van der Waals surface area contributed by atoms with Gasteiger partial charge in [-0.1, -0.05) is 39.7 Å². The Morgan fingerprint density at radius 2 is 1.94 bits per heavy atom. The molecule has 0 aliphatic rings.